The topological polar surface area (TPSA) is 70.7 Å². The molecule has 0 aliphatic rings. The molecule has 0 unspecified atom stereocenters. The monoisotopic (exact) mass is 369 g/mol. The van der Waals surface area contributed by atoms with Crippen molar-refractivity contribution in [3.05, 3.63) is 63.8 Å². The minimum atomic E-state index is -0.423. The predicted molar refractivity (Wildman–Crippen MR) is 103 cm³/mol. The summed E-state index contributed by atoms with van der Waals surface area (Å²) in [7, 11) is 1.66. The second-order valence-electron chi connectivity index (χ2n) is 6.63. The standard InChI is InChI=1S/C21H23NO5/c1-13-9-18(15(3)22(13)14(2)11-25-4)19(23)12-26-17-7-5-16-6-8-21(24)27-20(16)10-17/h5-10,14H,11-12H2,1-4H3/t14-/m0/s1. The van der Waals surface area contributed by atoms with Crippen molar-refractivity contribution in [1.29, 1.82) is 0 Å². The van der Waals surface area contributed by atoms with Crippen LogP contribution in [-0.2, 0) is 4.74 Å². The van der Waals surface area contributed by atoms with Gasteiger partial charge in [0.2, 0.25) is 5.78 Å². The molecule has 1 atom stereocenters. The number of hydrogen-bond donors (Lipinski definition) is 0. The second-order valence-corrected chi connectivity index (χ2v) is 6.63. The number of carbonyl (C=O) groups is 1. The van der Waals surface area contributed by atoms with E-state index in [9.17, 15) is 9.59 Å². The third kappa shape index (κ3) is 3.95. The number of methoxy groups -OCH3 is 1. The van der Waals surface area contributed by atoms with Crippen molar-refractivity contribution in [2.24, 2.45) is 0 Å². The number of carbonyl (C=O) groups excluding carboxylic acids is 1. The van der Waals surface area contributed by atoms with Crippen LogP contribution in [0.15, 0.2) is 45.6 Å². The number of aromatic nitrogens is 1. The maximum atomic E-state index is 12.7. The predicted octanol–water partition coefficient (Wildman–Crippen LogP) is 3.68. The summed E-state index contributed by atoms with van der Waals surface area (Å²) in [6.07, 6.45) is 0. The van der Waals surface area contributed by atoms with Gasteiger partial charge in [0.15, 0.2) is 6.61 Å². The fourth-order valence-electron chi connectivity index (χ4n) is 3.41. The normalized spacial score (nSPS) is 12.3. The maximum Gasteiger partial charge on any atom is 0.336 e. The first-order valence-corrected chi connectivity index (χ1v) is 8.78. The molecule has 0 bridgehead atoms. The van der Waals surface area contributed by atoms with E-state index in [2.05, 4.69) is 11.5 Å². The Hall–Kier alpha value is -2.86. The Labute approximate surface area is 157 Å². The first-order chi connectivity index (χ1) is 12.9. The molecule has 3 rings (SSSR count). The Kier molecular flexibility index (Phi) is 5.46. The van der Waals surface area contributed by atoms with Gasteiger partial charge in [0.05, 0.1) is 12.6 Å². The lowest BCUT2D eigenvalue weighted by Gasteiger charge is -2.17. The zero-order valence-corrected chi connectivity index (χ0v) is 15.9. The number of rotatable bonds is 7. The van der Waals surface area contributed by atoms with Crippen molar-refractivity contribution in [3.63, 3.8) is 0 Å². The molecule has 6 heteroatoms. The van der Waals surface area contributed by atoms with Crippen LogP contribution in [0.25, 0.3) is 11.0 Å². The van der Waals surface area contributed by atoms with Crippen LogP contribution in [0, 0.1) is 13.8 Å². The number of ether oxygens (including phenoxy) is 2. The van der Waals surface area contributed by atoms with Gasteiger partial charge in [0, 0.05) is 41.6 Å². The number of aryl methyl sites for hydroxylation is 1. The van der Waals surface area contributed by atoms with Crippen molar-refractivity contribution in [2.45, 2.75) is 26.8 Å². The van der Waals surface area contributed by atoms with Gasteiger partial charge in [-0.1, -0.05) is 0 Å². The molecular formula is C21H23NO5. The summed E-state index contributed by atoms with van der Waals surface area (Å²) in [5.74, 6) is 0.375. The lowest BCUT2D eigenvalue weighted by Crippen LogP contribution is -2.16. The Morgan fingerprint density at radius 3 is 2.67 bits per heavy atom. The van der Waals surface area contributed by atoms with Crippen LogP contribution in [0.5, 0.6) is 5.75 Å². The highest BCUT2D eigenvalue weighted by molar-refractivity contribution is 5.98. The van der Waals surface area contributed by atoms with Crippen molar-refractivity contribution in [1.82, 2.24) is 4.57 Å². The Morgan fingerprint density at radius 2 is 1.93 bits per heavy atom. The SMILES string of the molecule is COC[C@H](C)n1c(C)cc(C(=O)COc2ccc3ccc(=O)oc3c2)c1C. The van der Waals surface area contributed by atoms with E-state index in [0.29, 0.717) is 23.5 Å². The van der Waals surface area contributed by atoms with Crippen molar-refractivity contribution in [3.8, 4) is 5.75 Å². The fraction of sp³-hybridized carbons (Fsp3) is 0.333. The molecule has 0 aliphatic carbocycles. The summed E-state index contributed by atoms with van der Waals surface area (Å²) in [5.41, 5.74) is 2.55. The van der Waals surface area contributed by atoms with Gasteiger partial charge in [-0.3, -0.25) is 4.79 Å². The highest BCUT2D eigenvalue weighted by atomic mass is 16.5. The number of fused-ring (bicyclic) bond motifs is 1. The summed E-state index contributed by atoms with van der Waals surface area (Å²) in [5, 5.41) is 0.795. The fourth-order valence-corrected chi connectivity index (χ4v) is 3.41. The number of nitrogens with zero attached hydrogens (tertiary/aromatic N) is 1. The summed E-state index contributed by atoms with van der Waals surface area (Å²) < 4.78 is 18.1. The molecule has 2 heterocycles. The van der Waals surface area contributed by atoms with Crippen LogP contribution >= 0.6 is 0 Å². The van der Waals surface area contributed by atoms with E-state index in [-0.39, 0.29) is 18.4 Å². The van der Waals surface area contributed by atoms with Crippen LogP contribution in [0.3, 0.4) is 0 Å². The number of Topliss-reactive ketones (excluding diaryl/α,β-unsaturated/α-hetero) is 1. The number of hydrogen-bond acceptors (Lipinski definition) is 5. The quantitative estimate of drug-likeness (QED) is 0.469. The van der Waals surface area contributed by atoms with E-state index in [4.69, 9.17) is 13.9 Å². The zero-order chi connectivity index (χ0) is 19.6. The number of ketones is 1. The van der Waals surface area contributed by atoms with Gasteiger partial charge in [-0.25, -0.2) is 4.79 Å². The van der Waals surface area contributed by atoms with E-state index < -0.39 is 5.63 Å². The van der Waals surface area contributed by atoms with Gasteiger partial charge in [0.25, 0.3) is 0 Å². The summed E-state index contributed by atoms with van der Waals surface area (Å²) in [6, 6.07) is 10.2. The third-order valence-electron chi connectivity index (χ3n) is 4.60. The molecular weight excluding hydrogens is 346 g/mol. The van der Waals surface area contributed by atoms with Crippen LogP contribution < -0.4 is 10.4 Å². The van der Waals surface area contributed by atoms with Crippen molar-refractivity contribution < 1.29 is 18.7 Å². The number of benzene rings is 1. The molecule has 0 amide bonds. The molecule has 27 heavy (non-hydrogen) atoms. The smallest absolute Gasteiger partial charge is 0.336 e. The van der Waals surface area contributed by atoms with E-state index >= 15 is 0 Å². The lowest BCUT2D eigenvalue weighted by molar-refractivity contribution is 0.0920. The van der Waals surface area contributed by atoms with Gasteiger partial charge in [-0.2, -0.15) is 0 Å². The molecule has 1 aromatic carbocycles. The maximum absolute atomic E-state index is 12.7. The van der Waals surface area contributed by atoms with E-state index in [1.807, 2.05) is 19.9 Å². The van der Waals surface area contributed by atoms with Crippen molar-refractivity contribution >= 4 is 16.8 Å². The minimum absolute atomic E-state index is 0.0917. The van der Waals surface area contributed by atoms with Gasteiger partial charge >= 0.3 is 5.63 Å². The van der Waals surface area contributed by atoms with Crippen molar-refractivity contribution in [2.75, 3.05) is 20.3 Å². The molecule has 0 saturated heterocycles. The van der Waals surface area contributed by atoms with Crippen LogP contribution in [0.4, 0.5) is 0 Å². The largest absolute Gasteiger partial charge is 0.485 e. The Morgan fingerprint density at radius 1 is 1.19 bits per heavy atom. The first-order valence-electron chi connectivity index (χ1n) is 8.78. The molecule has 6 nitrogen and oxygen atoms in total. The lowest BCUT2D eigenvalue weighted by atomic mass is 10.1. The highest BCUT2D eigenvalue weighted by Gasteiger charge is 2.19. The minimum Gasteiger partial charge on any atom is -0.485 e. The van der Waals surface area contributed by atoms with Crippen LogP contribution in [0.2, 0.25) is 0 Å². The van der Waals surface area contributed by atoms with Gasteiger partial charge in [0.1, 0.15) is 11.3 Å². The molecule has 0 saturated carbocycles. The second kappa shape index (κ2) is 7.80. The molecule has 0 radical (unpaired) electrons. The third-order valence-corrected chi connectivity index (χ3v) is 4.60. The molecule has 0 spiro atoms. The molecule has 0 N–H and O–H groups in total. The summed E-state index contributed by atoms with van der Waals surface area (Å²) in [4.78, 5) is 24.0. The van der Waals surface area contributed by atoms with E-state index in [1.165, 1.54) is 6.07 Å². The Bertz CT molecular complexity index is 1030. The molecule has 142 valence electrons. The summed E-state index contributed by atoms with van der Waals surface area (Å²) in [6.45, 7) is 6.44. The van der Waals surface area contributed by atoms with Crippen LogP contribution in [-0.4, -0.2) is 30.7 Å². The average Bonchev–Trinajstić information content (AvgIpc) is 2.94. The van der Waals surface area contributed by atoms with Crippen LogP contribution in [0.1, 0.15) is 34.7 Å². The highest BCUT2D eigenvalue weighted by Crippen LogP contribution is 2.23. The van der Waals surface area contributed by atoms with Gasteiger partial charge in [-0.15, -0.1) is 0 Å². The van der Waals surface area contributed by atoms with E-state index in [0.717, 1.165) is 16.8 Å². The average molecular weight is 369 g/mol. The van der Waals surface area contributed by atoms with E-state index in [1.54, 1.807) is 31.4 Å². The molecule has 0 aliphatic heterocycles. The Balaban J connectivity index is 1.76. The first kappa shape index (κ1) is 18.9. The molecule has 2 aromatic heterocycles. The molecule has 3 aromatic rings. The molecule has 0 fully saturated rings. The zero-order valence-electron chi connectivity index (χ0n) is 15.9. The van der Waals surface area contributed by atoms with Gasteiger partial charge in [-0.05, 0) is 45.0 Å². The summed E-state index contributed by atoms with van der Waals surface area (Å²) >= 11 is 0. The van der Waals surface area contributed by atoms with Gasteiger partial charge < -0.3 is 18.5 Å².